The zero-order valence-corrected chi connectivity index (χ0v) is 9.89. The molecule has 0 fully saturated rings. The lowest BCUT2D eigenvalue weighted by Crippen LogP contribution is -2.39. The van der Waals surface area contributed by atoms with Crippen LogP contribution in [0.1, 0.15) is 6.42 Å². The highest BCUT2D eigenvalue weighted by Crippen LogP contribution is 2.15. The van der Waals surface area contributed by atoms with Gasteiger partial charge in [0, 0.05) is 19.6 Å². The van der Waals surface area contributed by atoms with Crippen molar-refractivity contribution in [3.05, 3.63) is 0 Å². The van der Waals surface area contributed by atoms with E-state index in [1.165, 1.54) is 0 Å². The minimum absolute atomic E-state index is 0.179. The lowest BCUT2D eigenvalue weighted by molar-refractivity contribution is -0.151. The molecule has 0 aliphatic carbocycles. The summed E-state index contributed by atoms with van der Waals surface area (Å²) in [6.45, 7) is 0.0432. The van der Waals surface area contributed by atoms with Crippen molar-refractivity contribution in [3.63, 3.8) is 0 Å². The van der Waals surface area contributed by atoms with E-state index in [2.05, 4.69) is 5.32 Å². The van der Waals surface area contributed by atoms with Crippen LogP contribution in [0.4, 0.5) is 0 Å². The molecule has 102 valence electrons. The fourth-order valence-corrected chi connectivity index (χ4v) is 1.01. The first-order valence-electron chi connectivity index (χ1n) is 5.53. The first-order valence-corrected chi connectivity index (χ1v) is 5.53. The summed E-state index contributed by atoms with van der Waals surface area (Å²) < 4.78 is 4.87. The van der Waals surface area contributed by atoms with E-state index in [0.29, 0.717) is 19.6 Å². The van der Waals surface area contributed by atoms with E-state index in [-0.39, 0.29) is 13.0 Å². The number of carbonyl (C=O) groups is 1. The number of hydrogen-bond acceptors (Lipinski definition) is 7. The Kier molecular flexibility index (Phi) is 8.92. The fraction of sp³-hybridized carbons (Fsp3) is 0.900. The molecule has 0 aromatic rings. The molecule has 6 N–H and O–H groups in total. The lowest BCUT2D eigenvalue weighted by Gasteiger charge is -2.26. The van der Waals surface area contributed by atoms with Crippen molar-refractivity contribution in [1.29, 1.82) is 0 Å². The highest BCUT2D eigenvalue weighted by atomic mass is 16.5. The van der Waals surface area contributed by atoms with Gasteiger partial charge in [0.15, 0.2) is 0 Å². The normalized spacial score (nSPS) is 11.5. The summed E-state index contributed by atoms with van der Waals surface area (Å²) in [4.78, 5) is 11.3. The lowest BCUT2D eigenvalue weighted by atomic mass is 9.93. The van der Waals surface area contributed by atoms with Crippen molar-refractivity contribution < 1.29 is 24.9 Å². The van der Waals surface area contributed by atoms with Crippen LogP contribution >= 0.6 is 0 Å². The highest BCUT2D eigenvalue weighted by molar-refractivity contribution is 5.69. The molecule has 0 aliphatic rings. The fourth-order valence-electron chi connectivity index (χ4n) is 1.01. The van der Waals surface area contributed by atoms with E-state index in [0.717, 1.165) is 0 Å². The maximum atomic E-state index is 11.3. The molecule has 0 aromatic carbocycles. The average molecular weight is 250 g/mol. The van der Waals surface area contributed by atoms with Crippen LogP contribution < -0.4 is 11.1 Å². The van der Waals surface area contributed by atoms with Crippen LogP contribution in [0.5, 0.6) is 0 Å². The Hall–Kier alpha value is -0.730. The van der Waals surface area contributed by atoms with Crippen LogP contribution in [0.2, 0.25) is 0 Å². The quantitative estimate of drug-likeness (QED) is 0.213. The van der Waals surface area contributed by atoms with E-state index < -0.39 is 31.2 Å². The molecule has 0 saturated heterocycles. The van der Waals surface area contributed by atoms with E-state index in [1.54, 1.807) is 0 Å². The molecule has 0 amide bonds. The second-order valence-electron chi connectivity index (χ2n) is 3.92. The molecule has 7 nitrogen and oxygen atoms in total. The van der Waals surface area contributed by atoms with Gasteiger partial charge in [-0.2, -0.15) is 0 Å². The molecule has 0 unspecified atom stereocenters. The smallest absolute Gasteiger partial charge is 0.307 e. The number of ether oxygens (including phenoxy) is 1. The molecule has 0 spiro atoms. The van der Waals surface area contributed by atoms with Gasteiger partial charge >= 0.3 is 5.97 Å². The third kappa shape index (κ3) is 6.54. The van der Waals surface area contributed by atoms with Crippen molar-refractivity contribution >= 4 is 5.97 Å². The number of rotatable bonds is 10. The number of esters is 1. The van der Waals surface area contributed by atoms with E-state index in [9.17, 15) is 4.79 Å². The highest BCUT2D eigenvalue weighted by Gasteiger charge is 2.29. The minimum Gasteiger partial charge on any atom is -0.465 e. The Morgan fingerprint density at radius 2 is 1.76 bits per heavy atom. The molecule has 0 aliphatic heterocycles. The maximum absolute atomic E-state index is 11.3. The van der Waals surface area contributed by atoms with Crippen molar-refractivity contribution in [1.82, 2.24) is 5.32 Å². The van der Waals surface area contributed by atoms with Gasteiger partial charge in [0.05, 0.1) is 31.7 Å². The van der Waals surface area contributed by atoms with Gasteiger partial charge in [-0.25, -0.2) is 0 Å². The maximum Gasteiger partial charge on any atom is 0.307 e. The second kappa shape index (κ2) is 9.32. The van der Waals surface area contributed by atoms with Crippen molar-refractivity contribution in [2.75, 3.05) is 46.1 Å². The zero-order valence-electron chi connectivity index (χ0n) is 9.89. The second-order valence-corrected chi connectivity index (χ2v) is 3.92. The van der Waals surface area contributed by atoms with Gasteiger partial charge in [-0.1, -0.05) is 0 Å². The monoisotopic (exact) mass is 250 g/mol. The molecular weight excluding hydrogens is 228 g/mol. The zero-order chi connectivity index (χ0) is 13.1. The molecule has 0 radical (unpaired) electrons. The molecule has 0 aromatic heterocycles. The number of hydrogen-bond donors (Lipinski definition) is 5. The third-order valence-corrected chi connectivity index (χ3v) is 2.37. The molecule has 17 heavy (non-hydrogen) atoms. The van der Waals surface area contributed by atoms with Crippen LogP contribution in [0, 0.1) is 5.41 Å². The van der Waals surface area contributed by atoms with Crippen LogP contribution in [-0.2, 0) is 9.53 Å². The molecule has 0 rings (SSSR count). The molecule has 0 heterocycles. The van der Waals surface area contributed by atoms with E-state index in [1.807, 2.05) is 0 Å². The Balaban J connectivity index is 3.81. The number of carbonyl (C=O) groups excluding carboxylic acids is 1. The summed E-state index contributed by atoms with van der Waals surface area (Å²) in [7, 11) is 0. The van der Waals surface area contributed by atoms with Gasteiger partial charge in [0.1, 0.15) is 6.61 Å². The third-order valence-electron chi connectivity index (χ3n) is 2.37. The van der Waals surface area contributed by atoms with Gasteiger partial charge in [-0.05, 0) is 0 Å². The molecule has 0 saturated carbocycles. The summed E-state index contributed by atoms with van der Waals surface area (Å²) >= 11 is 0. The standard InChI is InChI=1S/C10H22N2O5/c11-2-4-12-3-1-9(16)17-8-10(5-13,6-14)7-15/h12-15H,1-8,11H2. The summed E-state index contributed by atoms with van der Waals surface area (Å²) in [6.07, 6.45) is 0.179. The largest absolute Gasteiger partial charge is 0.465 e. The SMILES string of the molecule is NCCNCCC(=O)OCC(CO)(CO)CO. The number of nitrogens with two attached hydrogens (primary N) is 1. The first-order chi connectivity index (χ1) is 8.14. The van der Waals surface area contributed by atoms with Crippen LogP contribution in [0.3, 0.4) is 0 Å². The van der Waals surface area contributed by atoms with Crippen molar-refractivity contribution in [2.45, 2.75) is 6.42 Å². The molecular formula is C10H22N2O5. The van der Waals surface area contributed by atoms with Gasteiger partial charge < -0.3 is 31.1 Å². The van der Waals surface area contributed by atoms with Crippen LogP contribution in [0.25, 0.3) is 0 Å². The van der Waals surface area contributed by atoms with Gasteiger partial charge in [-0.3, -0.25) is 4.79 Å². The van der Waals surface area contributed by atoms with Gasteiger partial charge in [0.25, 0.3) is 0 Å². The number of nitrogens with one attached hydrogen (secondary N) is 1. The van der Waals surface area contributed by atoms with Crippen molar-refractivity contribution in [3.8, 4) is 0 Å². The Morgan fingerprint density at radius 3 is 2.24 bits per heavy atom. The summed E-state index contributed by atoms with van der Waals surface area (Å²) in [5.41, 5.74) is 4.09. The van der Waals surface area contributed by atoms with Crippen LogP contribution in [-0.4, -0.2) is 67.4 Å². The van der Waals surface area contributed by atoms with E-state index in [4.69, 9.17) is 25.8 Å². The first kappa shape index (κ1) is 16.3. The van der Waals surface area contributed by atoms with Crippen molar-refractivity contribution in [2.24, 2.45) is 11.1 Å². The number of aliphatic hydroxyl groups excluding tert-OH is 3. The minimum atomic E-state index is -1.17. The predicted molar refractivity (Wildman–Crippen MR) is 61.2 cm³/mol. The Bertz CT molecular complexity index is 201. The number of aliphatic hydroxyl groups is 3. The summed E-state index contributed by atoms with van der Waals surface area (Å²) in [6, 6.07) is 0. The topological polar surface area (TPSA) is 125 Å². The molecule has 7 heteroatoms. The molecule has 0 atom stereocenters. The van der Waals surface area contributed by atoms with E-state index >= 15 is 0 Å². The van der Waals surface area contributed by atoms with Gasteiger partial charge in [0.2, 0.25) is 0 Å². The van der Waals surface area contributed by atoms with Crippen LogP contribution in [0.15, 0.2) is 0 Å². The summed E-state index contributed by atoms with van der Waals surface area (Å²) in [5.74, 6) is -0.450. The summed E-state index contributed by atoms with van der Waals surface area (Å²) in [5, 5.41) is 29.9. The average Bonchev–Trinajstić information content (AvgIpc) is 2.37. The predicted octanol–water partition coefficient (Wildman–Crippen LogP) is -2.57. The Labute approximate surface area is 101 Å². The Morgan fingerprint density at radius 1 is 1.18 bits per heavy atom. The molecule has 0 bridgehead atoms. The van der Waals surface area contributed by atoms with Gasteiger partial charge in [-0.15, -0.1) is 0 Å².